The quantitative estimate of drug-likeness (QED) is 0.551. The summed E-state index contributed by atoms with van der Waals surface area (Å²) in [7, 11) is 0. The normalized spacial score (nSPS) is 10.6. The van der Waals surface area contributed by atoms with E-state index in [1.165, 1.54) is 0 Å². The Balaban J connectivity index is 3.05. The van der Waals surface area contributed by atoms with Crippen molar-refractivity contribution in [3.05, 3.63) is 30.1 Å². The van der Waals surface area contributed by atoms with Gasteiger partial charge in [0, 0.05) is 12.4 Å². The van der Waals surface area contributed by atoms with Crippen LogP contribution in [0.5, 0.6) is 0 Å². The standard InChI is InChI=1S/C10H11N/c1-4-10(2,3)9-6-5-7-11-8-9/h1,5-8H,2-3H3. The molecule has 0 atom stereocenters. The molecule has 1 heteroatoms. The Morgan fingerprint density at radius 3 is 2.73 bits per heavy atom. The van der Waals surface area contributed by atoms with Crippen molar-refractivity contribution in [2.45, 2.75) is 19.3 Å². The molecule has 0 saturated heterocycles. The average Bonchev–Trinajstić information content (AvgIpc) is 2.06. The Hall–Kier alpha value is -1.29. The summed E-state index contributed by atoms with van der Waals surface area (Å²) in [4.78, 5) is 4.00. The van der Waals surface area contributed by atoms with Crippen LogP contribution in [0.15, 0.2) is 24.5 Å². The molecule has 1 rings (SSSR count). The molecule has 56 valence electrons. The molecule has 0 amide bonds. The fourth-order valence-electron chi connectivity index (χ4n) is 0.816. The summed E-state index contributed by atoms with van der Waals surface area (Å²) in [6.07, 6.45) is 8.91. The number of terminal acetylenes is 1. The van der Waals surface area contributed by atoms with Crippen LogP contribution in [0.1, 0.15) is 19.4 Å². The summed E-state index contributed by atoms with van der Waals surface area (Å²) in [5.41, 5.74) is 0.886. The van der Waals surface area contributed by atoms with E-state index in [4.69, 9.17) is 6.42 Å². The molecule has 0 aromatic carbocycles. The van der Waals surface area contributed by atoms with Crippen molar-refractivity contribution in [2.75, 3.05) is 0 Å². The molecule has 1 nitrogen and oxygen atoms in total. The lowest BCUT2D eigenvalue weighted by Crippen LogP contribution is -2.13. The maximum Gasteiger partial charge on any atom is 0.0519 e. The van der Waals surface area contributed by atoms with Crippen LogP contribution in [-0.4, -0.2) is 4.98 Å². The van der Waals surface area contributed by atoms with Crippen molar-refractivity contribution in [3.8, 4) is 12.3 Å². The second-order valence-electron chi connectivity index (χ2n) is 3.01. The average molecular weight is 145 g/mol. The van der Waals surface area contributed by atoms with Crippen LogP contribution in [0.3, 0.4) is 0 Å². The van der Waals surface area contributed by atoms with Gasteiger partial charge < -0.3 is 0 Å². The van der Waals surface area contributed by atoms with Crippen LogP contribution in [0.4, 0.5) is 0 Å². The minimum absolute atomic E-state index is 0.200. The van der Waals surface area contributed by atoms with Gasteiger partial charge in [-0.25, -0.2) is 0 Å². The Labute approximate surface area is 67.5 Å². The molecule has 1 aromatic rings. The van der Waals surface area contributed by atoms with Gasteiger partial charge in [0.15, 0.2) is 0 Å². The third-order valence-corrected chi connectivity index (χ3v) is 1.74. The summed E-state index contributed by atoms with van der Waals surface area (Å²) in [6, 6.07) is 3.89. The first-order chi connectivity index (χ1) is 5.17. The fourth-order valence-corrected chi connectivity index (χ4v) is 0.816. The molecule has 0 spiro atoms. The molecule has 1 heterocycles. The molecule has 0 N–H and O–H groups in total. The van der Waals surface area contributed by atoms with Gasteiger partial charge in [-0.3, -0.25) is 4.98 Å². The molecule has 0 bridgehead atoms. The SMILES string of the molecule is C#CC(C)(C)c1cccnc1. The van der Waals surface area contributed by atoms with E-state index in [1.54, 1.807) is 12.4 Å². The summed E-state index contributed by atoms with van der Waals surface area (Å²) in [5.74, 6) is 2.72. The maximum absolute atomic E-state index is 5.36. The second kappa shape index (κ2) is 2.75. The van der Waals surface area contributed by atoms with Gasteiger partial charge in [-0.15, -0.1) is 6.42 Å². The topological polar surface area (TPSA) is 12.9 Å². The Morgan fingerprint density at radius 1 is 1.55 bits per heavy atom. The third-order valence-electron chi connectivity index (χ3n) is 1.74. The summed E-state index contributed by atoms with van der Waals surface area (Å²) in [6.45, 7) is 4.01. The maximum atomic E-state index is 5.36. The minimum atomic E-state index is -0.200. The van der Waals surface area contributed by atoms with E-state index in [2.05, 4.69) is 10.9 Å². The number of hydrogen-bond donors (Lipinski definition) is 0. The molecule has 0 fully saturated rings. The number of rotatable bonds is 1. The number of pyridine rings is 1. The molecule has 0 aliphatic rings. The van der Waals surface area contributed by atoms with E-state index in [0.29, 0.717) is 0 Å². The Morgan fingerprint density at radius 2 is 2.27 bits per heavy atom. The van der Waals surface area contributed by atoms with E-state index in [-0.39, 0.29) is 5.41 Å². The van der Waals surface area contributed by atoms with Crippen LogP contribution in [0.2, 0.25) is 0 Å². The molecule has 0 aliphatic carbocycles. The van der Waals surface area contributed by atoms with Crippen LogP contribution in [0, 0.1) is 12.3 Å². The molecule has 11 heavy (non-hydrogen) atoms. The number of aromatic nitrogens is 1. The van der Waals surface area contributed by atoms with Crippen LogP contribution in [-0.2, 0) is 5.41 Å². The van der Waals surface area contributed by atoms with E-state index in [0.717, 1.165) is 5.56 Å². The predicted molar refractivity (Wildman–Crippen MR) is 46.1 cm³/mol. The van der Waals surface area contributed by atoms with Crippen LogP contribution in [0.25, 0.3) is 0 Å². The van der Waals surface area contributed by atoms with Crippen molar-refractivity contribution in [3.63, 3.8) is 0 Å². The fraction of sp³-hybridized carbons (Fsp3) is 0.300. The van der Waals surface area contributed by atoms with E-state index < -0.39 is 0 Å². The first-order valence-corrected chi connectivity index (χ1v) is 3.55. The number of hydrogen-bond acceptors (Lipinski definition) is 1. The monoisotopic (exact) mass is 145 g/mol. The summed E-state index contributed by atoms with van der Waals surface area (Å²) in [5, 5.41) is 0. The van der Waals surface area contributed by atoms with Crippen LogP contribution < -0.4 is 0 Å². The molecular formula is C10H11N. The Kier molecular flexibility index (Phi) is 1.96. The molecule has 0 radical (unpaired) electrons. The highest BCUT2D eigenvalue weighted by atomic mass is 14.6. The summed E-state index contributed by atoms with van der Waals surface area (Å²) >= 11 is 0. The highest BCUT2D eigenvalue weighted by Gasteiger charge is 2.15. The molecular weight excluding hydrogens is 134 g/mol. The molecule has 1 aromatic heterocycles. The Bertz CT molecular complexity index is 267. The lowest BCUT2D eigenvalue weighted by Gasteiger charge is -2.16. The number of nitrogens with zero attached hydrogens (tertiary/aromatic N) is 1. The van der Waals surface area contributed by atoms with Crippen molar-refractivity contribution in [2.24, 2.45) is 0 Å². The van der Waals surface area contributed by atoms with E-state index in [1.807, 2.05) is 26.0 Å². The van der Waals surface area contributed by atoms with Crippen molar-refractivity contribution in [1.29, 1.82) is 0 Å². The minimum Gasteiger partial charge on any atom is -0.264 e. The van der Waals surface area contributed by atoms with Gasteiger partial charge in [0.05, 0.1) is 5.41 Å². The van der Waals surface area contributed by atoms with Crippen molar-refractivity contribution >= 4 is 0 Å². The zero-order valence-electron chi connectivity index (χ0n) is 6.83. The zero-order valence-corrected chi connectivity index (χ0v) is 6.83. The van der Waals surface area contributed by atoms with Gasteiger partial charge in [-0.2, -0.15) is 0 Å². The lowest BCUT2D eigenvalue weighted by atomic mass is 9.87. The molecule has 0 aliphatic heterocycles. The van der Waals surface area contributed by atoms with Gasteiger partial charge in [0.2, 0.25) is 0 Å². The van der Waals surface area contributed by atoms with Gasteiger partial charge in [0.25, 0.3) is 0 Å². The zero-order chi connectivity index (χ0) is 8.32. The first-order valence-electron chi connectivity index (χ1n) is 3.55. The largest absolute Gasteiger partial charge is 0.264 e. The smallest absolute Gasteiger partial charge is 0.0519 e. The van der Waals surface area contributed by atoms with Gasteiger partial charge in [-0.05, 0) is 25.5 Å². The van der Waals surface area contributed by atoms with E-state index in [9.17, 15) is 0 Å². The first kappa shape index (κ1) is 7.81. The lowest BCUT2D eigenvalue weighted by molar-refractivity contribution is 0.695. The van der Waals surface area contributed by atoms with E-state index >= 15 is 0 Å². The highest BCUT2D eigenvalue weighted by Crippen LogP contribution is 2.19. The van der Waals surface area contributed by atoms with Gasteiger partial charge in [0.1, 0.15) is 0 Å². The predicted octanol–water partition coefficient (Wildman–Crippen LogP) is 1.99. The highest BCUT2D eigenvalue weighted by molar-refractivity contribution is 5.28. The second-order valence-corrected chi connectivity index (χ2v) is 3.01. The van der Waals surface area contributed by atoms with Gasteiger partial charge in [-0.1, -0.05) is 12.0 Å². The molecule has 0 unspecified atom stereocenters. The van der Waals surface area contributed by atoms with Crippen LogP contribution >= 0.6 is 0 Å². The van der Waals surface area contributed by atoms with Crippen molar-refractivity contribution in [1.82, 2.24) is 4.98 Å². The van der Waals surface area contributed by atoms with Gasteiger partial charge >= 0.3 is 0 Å². The van der Waals surface area contributed by atoms with Crippen molar-refractivity contribution < 1.29 is 0 Å². The summed E-state index contributed by atoms with van der Waals surface area (Å²) < 4.78 is 0. The third kappa shape index (κ3) is 1.59. The molecule has 0 saturated carbocycles.